The molecule has 0 saturated heterocycles. The maximum Gasteiger partial charge on any atom is 0.309 e. The van der Waals surface area contributed by atoms with Crippen LogP contribution in [0.2, 0.25) is 0 Å². The third kappa shape index (κ3) is 3.93. The molecule has 0 bridgehead atoms. The van der Waals surface area contributed by atoms with Crippen molar-refractivity contribution in [2.45, 2.75) is 39.2 Å². The van der Waals surface area contributed by atoms with Crippen molar-refractivity contribution in [2.24, 2.45) is 5.92 Å². The van der Waals surface area contributed by atoms with Crippen LogP contribution in [0.5, 0.6) is 0 Å². The smallest absolute Gasteiger partial charge is 0.309 e. The molecule has 0 amide bonds. The highest BCUT2D eigenvalue weighted by Crippen LogP contribution is 2.17. The number of hydrogen-bond donors (Lipinski definition) is 0. The monoisotopic (exact) mass is 216 g/mol. The van der Waals surface area contributed by atoms with Gasteiger partial charge in [-0.3, -0.25) is 4.79 Å². The Morgan fingerprint density at radius 1 is 1.21 bits per heavy atom. The predicted octanol–water partition coefficient (Wildman–Crippen LogP) is 2.47. The van der Waals surface area contributed by atoms with Crippen molar-refractivity contribution in [1.82, 2.24) is 0 Å². The molecule has 0 aromatic heterocycles. The second-order valence-electron chi connectivity index (χ2n) is 2.88. The molecule has 6 heteroatoms. The summed E-state index contributed by atoms with van der Waals surface area (Å²) in [6.45, 7) is 3.06. The zero-order valence-corrected chi connectivity index (χ0v) is 7.84. The SMILES string of the molecule is CCC(C)C(=O)OC(C(F)F)C(F)F. The van der Waals surface area contributed by atoms with Crippen LogP contribution in [0.25, 0.3) is 0 Å². The first-order valence-electron chi connectivity index (χ1n) is 4.16. The van der Waals surface area contributed by atoms with Crippen LogP contribution in [0.1, 0.15) is 20.3 Å². The number of hydrogen-bond acceptors (Lipinski definition) is 2. The molecule has 84 valence electrons. The van der Waals surface area contributed by atoms with Gasteiger partial charge >= 0.3 is 5.97 Å². The molecule has 2 nitrogen and oxygen atoms in total. The molecule has 0 heterocycles. The summed E-state index contributed by atoms with van der Waals surface area (Å²) in [7, 11) is 0. The quantitative estimate of drug-likeness (QED) is 0.521. The molecule has 0 spiro atoms. The van der Waals surface area contributed by atoms with Crippen LogP contribution in [-0.2, 0) is 9.53 Å². The highest BCUT2D eigenvalue weighted by Gasteiger charge is 2.34. The highest BCUT2D eigenvalue weighted by molar-refractivity contribution is 5.72. The first kappa shape index (κ1) is 13.2. The molecular weight excluding hydrogens is 204 g/mol. The fraction of sp³-hybridized carbons (Fsp3) is 0.875. The molecule has 0 aliphatic heterocycles. The summed E-state index contributed by atoms with van der Waals surface area (Å²) in [5.41, 5.74) is 0. The molecule has 14 heavy (non-hydrogen) atoms. The first-order chi connectivity index (χ1) is 6.40. The molecule has 0 N–H and O–H groups in total. The number of carbonyl (C=O) groups excluding carboxylic acids is 1. The second-order valence-corrected chi connectivity index (χ2v) is 2.88. The highest BCUT2D eigenvalue weighted by atomic mass is 19.3. The van der Waals surface area contributed by atoms with Gasteiger partial charge in [0.05, 0.1) is 5.92 Å². The van der Waals surface area contributed by atoms with Gasteiger partial charge in [-0.2, -0.15) is 0 Å². The van der Waals surface area contributed by atoms with Crippen molar-refractivity contribution in [3.63, 3.8) is 0 Å². The van der Waals surface area contributed by atoms with Crippen LogP contribution in [0, 0.1) is 5.92 Å². The number of carbonyl (C=O) groups is 1. The summed E-state index contributed by atoms with van der Waals surface area (Å²) >= 11 is 0. The van der Waals surface area contributed by atoms with Gasteiger partial charge in [0.1, 0.15) is 0 Å². The third-order valence-corrected chi connectivity index (χ3v) is 1.76. The van der Waals surface area contributed by atoms with Gasteiger partial charge in [0.15, 0.2) is 0 Å². The lowest BCUT2D eigenvalue weighted by molar-refractivity contribution is -0.176. The Kier molecular flexibility index (Phi) is 5.49. The average Bonchev–Trinajstić information content (AvgIpc) is 2.11. The molecule has 0 aliphatic rings. The maximum absolute atomic E-state index is 11.9. The fourth-order valence-corrected chi connectivity index (χ4v) is 0.630. The Morgan fingerprint density at radius 2 is 1.64 bits per heavy atom. The molecule has 1 atom stereocenters. The topological polar surface area (TPSA) is 26.3 Å². The van der Waals surface area contributed by atoms with Crippen molar-refractivity contribution >= 4 is 5.97 Å². The minimum atomic E-state index is -3.36. The fourth-order valence-electron chi connectivity index (χ4n) is 0.630. The van der Waals surface area contributed by atoms with Gasteiger partial charge in [-0.1, -0.05) is 13.8 Å². The Morgan fingerprint density at radius 3 is 1.93 bits per heavy atom. The van der Waals surface area contributed by atoms with E-state index in [1.807, 2.05) is 0 Å². The minimum absolute atomic E-state index is 0.359. The van der Waals surface area contributed by atoms with E-state index in [1.165, 1.54) is 6.92 Å². The van der Waals surface area contributed by atoms with Gasteiger partial charge in [0.25, 0.3) is 12.9 Å². The summed E-state index contributed by atoms with van der Waals surface area (Å²) in [4.78, 5) is 10.9. The van der Waals surface area contributed by atoms with Crippen LogP contribution < -0.4 is 0 Å². The Balaban J connectivity index is 4.24. The van der Waals surface area contributed by atoms with Crippen molar-refractivity contribution < 1.29 is 27.1 Å². The van der Waals surface area contributed by atoms with Crippen LogP contribution in [0.15, 0.2) is 0 Å². The molecule has 0 rings (SSSR count). The second kappa shape index (κ2) is 5.82. The molecule has 0 saturated carbocycles. The largest absolute Gasteiger partial charge is 0.450 e. The molecule has 0 radical (unpaired) electrons. The van der Waals surface area contributed by atoms with E-state index < -0.39 is 30.8 Å². The predicted molar refractivity (Wildman–Crippen MR) is 41.3 cm³/mol. The van der Waals surface area contributed by atoms with Gasteiger partial charge in [-0.05, 0) is 6.42 Å². The van der Waals surface area contributed by atoms with Crippen molar-refractivity contribution in [2.75, 3.05) is 0 Å². The number of alkyl halides is 4. The first-order valence-corrected chi connectivity index (χ1v) is 4.16. The summed E-state index contributed by atoms with van der Waals surface area (Å²) in [5.74, 6) is -1.66. The number of rotatable bonds is 5. The Bertz CT molecular complexity index is 176. The zero-order valence-electron chi connectivity index (χ0n) is 7.84. The Labute approximate surface area is 79.2 Å². The van der Waals surface area contributed by atoms with Crippen molar-refractivity contribution in [1.29, 1.82) is 0 Å². The van der Waals surface area contributed by atoms with E-state index in [1.54, 1.807) is 6.92 Å². The van der Waals surface area contributed by atoms with E-state index in [0.717, 1.165) is 0 Å². The number of ether oxygens (including phenoxy) is 1. The standard InChI is InChI=1S/C8H12F4O2/c1-3-4(2)8(13)14-5(6(9)10)7(11)12/h4-7H,3H2,1-2H3. The third-order valence-electron chi connectivity index (χ3n) is 1.76. The summed E-state index contributed by atoms with van der Waals surface area (Å²) in [6.07, 6.45) is -8.97. The normalized spacial score (nSPS) is 13.8. The van der Waals surface area contributed by atoms with E-state index in [0.29, 0.717) is 6.42 Å². The van der Waals surface area contributed by atoms with Gasteiger partial charge < -0.3 is 4.74 Å². The molecule has 1 unspecified atom stereocenters. The molecule has 0 aromatic rings. The molecule has 0 fully saturated rings. The Hall–Kier alpha value is -0.810. The van der Waals surface area contributed by atoms with E-state index >= 15 is 0 Å². The lowest BCUT2D eigenvalue weighted by Gasteiger charge is -2.17. The van der Waals surface area contributed by atoms with Crippen LogP contribution >= 0.6 is 0 Å². The van der Waals surface area contributed by atoms with E-state index in [9.17, 15) is 22.4 Å². The summed E-state index contributed by atoms with van der Waals surface area (Å²) in [6, 6.07) is 0. The molecular formula is C8H12F4O2. The summed E-state index contributed by atoms with van der Waals surface area (Å²) in [5, 5.41) is 0. The molecule has 0 aromatic carbocycles. The van der Waals surface area contributed by atoms with Crippen LogP contribution in [-0.4, -0.2) is 24.9 Å². The molecule has 0 aliphatic carbocycles. The van der Waals surface area contributed by atoms with E-state index in [-0.39, 0.29) is 0 Å². The van der Waals surface area contributed by atoms with Crippen molar-refractivity contribution in [3.05, 3.63) is 0 Å². The number of esters is 1. The van der Waals surface area contributed by atoms with Crippen molar-refractivity contribution in [3.8, 4) is 0 Å². The zero-order chi connectivity index (χ0) is 11.3. The number of halogens is 4. The van der Waals surface area contributed by atoms with Crippen LogP contribution in [0.4, 0.5) is 17.6 Å². The van der Waals surface area contributed by atoms with Gasteiger partial charge in [-0.15, -0.1) is 0 Å². The average molecular weight is 216 g/mol. The lowest BCUT2D eigenvalue weighted by atomic mass is 10.1. The van der Waals surface area contributed by atoms with Gasteiger partial charge in [0.2, 0.25) is 6.10 Å². The van der Waals surface area contributed by atoms with E-state index in [2.05, 4.69) is 4.74 Å². The van der Waals surface area contributed by atoms with Gasteiger partial charge in [0, 0.05) is 0 Å². The van der Waals surface area contributed by atoms with E-state index in [4.69, 9.17) is 0 Å². The van der Waals surface area contributed by atoms with Gasteiger partial charge in [-0.25, -0.2) is 17.6 Å². The summed E-state index contributed by atoms with van der Waals surface area (Å²) < 4.78 is 51.7. The minimum Gasteiger partial charge on any atom is -0.450 e. The van der Waals surface area contributed by atoms with Crippen LogP contribution in [0.3, 0.4) is 0 Å². The lowest BCUT2D eigenvalue weighted by Crippen LogP contribution is -2.34. The maximum atomic E-state index is 11.9.